The number of aryl methyl sites for hydroxylation is 1. The number of halogens is 4. The summed E-state index contributed by atoms with van der Waals surface area (Å²) in [6.07, 6.45) is -3.39. The molecule has 1 aliphatic carbocycles. The molecule has 1 heterocycles. The number of benzene rings is 1. The van der Waals surface area contributed by atoms with E-state index in [0.29, 0.717) is 17.2 Å². The SMILES string of the molecule is Cc1nc(-c2cccc(C(F)(F)F)c2)ccc1[C@@H]1C[C@H]1N.Cl. The zero-order chi connectivity index (χ0) is 15.2. The molecule has 1 aliphatic rings. The fraction of sp³-hybridized carbons (Fsp3) is 0.312. The Morgan fingerprint density at radius 1 is 1.18 bits per heavy atom. The molecule has 2 nitrogen and oxygen atoms in total. The molecule has 1 aromatic heterocycles. The van der Waals surface area contributed by atoms with Gasteiger partial charge in [-0.2, -0.15) is 13.2 Å². The van der Waals surface area contributed by atoms with Gasteiger partial charge in [-0.05, 0) is 37.1 Å². The Hall–Kier alpha value is -1.59. The fourth-order valence-electron chi connectivity index (χ4n) is 2.55. The quantitative estimate of drug-likeness (QED) is 0.892. The van der Waals surface area contributed by atoms with Crippen LogP contribution in [0.3, 0.4) is 0 Å². The third-order valence-corrected chi connectivity index (χ3v) is 3.85. The number of hydrogen-bond acceptors (Lipinski definition) is 2. The van der Waals surface area contributed by atoms with Crippen LogP contribution in [0.1, 0.15) is 29.2 Å². The lowest BCUT2D eigenvalue weighted by Gasteiger charge is -2.10. The van der Waals surface area contributed by atoms with Crippen molar-refractivity contribution in [2.75, 3.05) is 0 Å². The number of alkyl halides is 3. The Morgan fingerprint density at radius 2 is 1.86 bits per heavy atom. The van der Waals surface area contributed by atoms with E-state index in [9.17, 15) is 13.2 Å². The molecule has 0 spiro atoms. The smallest absolute Gasteiger partial charge is 0.327 e. The molecule has 0 radical (unpaired) electrons. The zero-order valence-corrected chi connectivity index (χ0v) is 12.7. The molecular weight excluding hydrogens is 313 g/mol. The van der Waals surface area contributed by atoms with Crippen LogP contribution in [0.5, 0.6) is 0 Å². The van der Waals surface area contributed by atoms with Crippen molar-refractivity contribution in [1.82, 2.24) is 4.98 Å². The predicted octanol–water partition coefficient (Wildman–Crippen LogP) is 4.31. The highest BCUT2D eigenvalue weighted by molar-refractivity contribution is 5.85. The van der Waals surface area contributed by atoms with Crippen LogP contribution >= 0.6 is 12.4 Å². The number of nitrogens with zero attached hydrogens (tertiary/aromatic N) is 1. The highest BCUT2D eigenvalue weighted by Gasteiger charge is 2.36. The molecule has 6 heteroatoms. The van der Waals surface area contributed by atoms with Gasteiger partial charge in [-0.1, -0.05) is 18.2 Å². The summed E-state index contributed by atoms with van der Waals surface area (Å²) in [5.41, 5.74) is 8.13. The predicted molar refractivity (Wildman–Crippen MR) is 82.0 cm³/mol. The number of pyridine rings is 1. The van der Waals surface area contributed by atoms with Gasteiger partial charge in [-0.25, -0.2) is 0 Å². The van der Waals surface area contributed by atoms with Crippen LogP contribution in [0.2, 0.25) is 0 Å². The van der Waals surface area contributed by atoms with E-state index >= 15 is 0 Å². The molecule has 1 aromatic carbocycles. The van der Waals surface area contributed by atoms with E-state index < -0.39 is 11.7 Å². The minimum absolute atomic E-state index is 0. The average molecular weight is 329 g/mol. The fourth-order valence-corrected chi connectivity index (χ4v) is 2.55. The molecule has 0 amide bonds. The maximum Gasteiger partial charge on any atom is 0.416 e. The monoisotopic (exact) mass is 328 g/mol. The third kappa shape index (κ3) is 3.25. The summed E-state index contributed by atoms with van der Waals surface area (Å²) in [7, 11) is 0. The van der Waals surface area contributed by atoms with E-state index in [4.69, 9.17) is 5.73 Å². The summed E-state index contributed by atoms with van der Waals surface area (Å²) in [6.45, 7) is 1.87. The largest absolute Gasteiger partial charge is 0.416 e. The van der Waals surface area contributed by atoms with Gasteiger partial charge in [0.2, 0.25) is 0 Å². The van der Waals surface area contributed by atoms with Crippen molar-refractivity contribution in [1.29, 1.82) is 0 Å². The first-order valence-electron chi connectivity index (χ1n) is 6.77. The number of nitrogens with two attached hydrogens (primary N) is 1. The lowest BCUT2D eigenvalue weighted by Crippen LogP contribution is -2.05. The van der Waals surface area contributed by atoms with Crippen LogP contribution in [0, 0.1) is 6.92 Å². The lowest BCUT2D eigenvalue weighted by molar-refractivity contribution is -0.137. The zero-order valence-electron chi connectivity index (χ0n) is 11.9. The minimum Gasteiger partial charge on any atom is -0.327 e. The average Bonchev–Trinajstić information content (AvgIpc) is 3.14. The van der Waals surface area contributed by atoms with E-state index in [0.717, 1.165) is 29.8 Å². The normalized spacial score (nSPS) is 20.4. The van der Waals surface area contributed by atoms with Crippen LogP contribution in [0.25, 0.3) is 11.3 Å². The van der Waals surface area contributed by atoms with Gasteiger partial charge in [-0.3, -0.25) is 4.98 Å². The van der Waals surface area contributed by atoms with Crippen molar-refractivity contribution in [2.45, 2.75) is 31.5 Å². The summed E-state index contributed by atoms with van der Waals surface area (Å²) in [5.74, 6) is 0.341. The topological polar surface area (TPSA) is 38.9 Å². The lowest BCUT2D eigenvalue weighted by atomic mass is 10.0. The highest BCUT2D eigenvalue weighted by Crippen LogP contribution is 2.40. The van der Waals surface area contributed by atoms with Gasteiger partial charge in [0.05, 0.1) is 11.3 Å². The van der Waals surface area contributed by atoms with Crippen LogP contribution in [0.15, 0.2) is 36.4 Å². The molecule has 3 rings (SSSR count). The van der Waals surface area contributed by atoms with Crippen LogP contribution < -0.4 is 5.73 Å². The van der Waals surface area contributed by atoms with Crippen molar-refractivity contribution in [3.05, 3.63) is 53.2 Å². The Labute approximate surface area is 133 Å². The minimum atomic E-state index is -4.34. The van der Waals surface area contributed by atoms with Crippen molar-refractivity contribution in [3.63, 3.8) is 0 Å². The van der Waals surface area contributed by atoms with Crippen LogP contribution in [-0.2, 0) is 6.18 Å². The van der Waals surface area contributed by atoms with E-state index in [1.165, 1.54) is 6.07 Å². The van der Waals surface area contributed by atoms with E-state index in [2.05, 4.69) is 4.98 Å². The summed E-state index contributed by atoms with van der Waals surface area (Å²) in [5, 5.41) is 0. The van der Waals surface area contributed by atoms with E-state index in [1.807, 2.05) is 13.0 Å². The second kappa shape index (κ2) is 5.89. The van der Waals surface area contributed by atoms with Gasteiger partial charge in [0.1, 0.15) is 0 Å². The maximum absolute atomic E-state index is 12.7. The molecule has 0 unspecified atom stereocenters. The first kappa shape index (κ1) is 16.8. The summed E-state index contributed by atoms with van der Waals surface area (Å²) in [4.78, 5) is 4.44. The van der Waals surface area contributed by atoms with Gasteiger partial charge in [0, 0.05) is 23.2 Å². The van der Waals surface area contributed by atoms with Crippen molar-refractivity contribution >= 4 is 12.4 Å². The van der Waals surface area contributed by atoms with Gasteiger partial charge < -0.3 is 5.73 Å². The summed E-state index contributed by atoms with van der Waals surface area (Å²) < 4.78 is 38.2. The van der Waals surface area contributed by atoms with Crippen molar-refractivity contribution in [2.24, 2.45) is 5.73 Å². The molecule has 0 bridgehead atoms. The molecule has 1 fully saturated rings. The highest BCUT2D eigenvalue weighted by atomic mass is 35.5. The Bertz CT molecular complexity index is 685. The Balaban J connectivity index is 0.00000176. The molecule has 1 saturated carbocycles. The van der Waals surface area contributed by atoms with Gasteiger partial charge >= 0.3 is 6.18 Å². The molecule has 2 N–H and O–H groups in total. The summed E-state index contributed by atoms with van der Waals surface area (Å²) in [6, 6.07) is 9.11. The Morgan fingerprint density at radius 3 is 2.41 bits per heavy atom. The Kier molecular flexibility index (Phi) is 4.49. The first-order valence-corrected chi connectivity index (χ1v) is 6.77. The molecule has 2 aromatic rings. The second-order valence-corrected chi connectivity index (χ2v) is 5.46. The van der Waals surface area contributed by atoms with Crippen LogP contribution in [0.4, 0.5) is 13.2 Å². The second-order valence-electron chi connectivity index (χ2n) is 5.46. The van der Waals surface area contributed by atoms with Crippen molar-refractivity contribution < 1.29 is 13.2 Å². The third-order valence-electron chi connectivity index (χ3n) is 3.85. The molecule has 0 saturated heterocycles. The standard InChI is InChI=1S/C16H15F3N2.ClH/c1-9-12(13-8-14(13)20)5-6-15(21-9)10-3-2-4-11(7-10)16(17,18)19;/h2-7,13-14H,8,20H2,1H3;1H/t13-,14+;/m0./s1. The van der Waals surface area contributed by atoms with Gasteiger partial charge in [0.15, 0.2) is 0 Å². The molecule has 118 valence electrons. The number of hydrogen-bond donors (Lipinski definition) is 1. The van der Waals surface area contributed by atoms with Gasteiger partial charge in [0.25, 0.3) is 0 Å². The molecule has 0 aliphatic heterocycles. The molecule has 22 heavy (non-hydrogen) atoms. The molecule has 2 atom stereocenters. The number of rotatable bonds is 2. The van der Waals surface area contributed by atoms with Gasteiger partial charge in [-0.15, -0.1) is 12.4 Å². The maximum atomic E-state index is 12.7. The van der Waals surface area contributed by atoms with Crippen molar-refractivity contribution in [3.8, 4) is 11.3 Å². The van der Waals surface area contributed by atoms with E-state index in [-0.39, 0.29) is 18.4 Å². The molecular formula is C16H16ClF3N2. The summed E-state index contributed by atoms with van der Waals surface area (Å²) >= 11 is 0. The number of aromatic nitrogens is 1. The first-order chi connectivity index (χ1) is 9.86. The van der Waals surface area contributed by atoms with Crippen LogP contribution in [-0.4, -0.2) is 11.0 Å². The van der Waals surface area contributed by atoms with E-state index in [1.54, 1.807) is 12.1 Å².